The average molecular weight is 453 g/mol. The number of aromatic nitrogens is 3. The van der Waals surface area contributed by atoms with Crippen molar-refractivity contribution >= 4 is 44.8 Å². The average Bonchev–Trinajstić information content (AvgIpc) is 3.37. The third-order valence-corrected chi connectivity index (χ3v) is 6.59. The fourth-order valence-corrected chi connectivity index (χ4v) is 5.11. The van der Waals surface area contributed by atoms with Crippen LogP contribution in [0.4, 0.5) is 5.69 Å². The van der Waals surface area contributed by atoms with Crippen molar-refractivity contribution in [1.29, 1.82) is 0 Å². The molecule has 0 bridgehead atoms. The minimum atomic E-state index is -0.0880. The molecule has 0 radical (unpaired) electrons. The molecule has 0 fully saturated rings. The molecule has 0 atom stereocenters. The summed E-state index contributed by atoms with van der Waals surface area (Å²) in [6, 6.07) is 15.8. The minimum absolute atomic E-state index is 0.0880. The molecule has 0 aliphatic heterocycles. The van der Waals surface area contributed by atoms with Crippen LogP contribution in [0.1, 0.15) is 26.8 Å². The SMILES string of the molecule is CCOc1ccc(NC(=O)CSc2nnc(-c3csc4ccccc34)n2C(C)C)cc1. The maximum atomic E-state index is 12.5. The predicted octanol–water partition coefficient (Wildman–Crippen LogP) is 5.87. The highest BCUT2D eigenvalue weighted by Gasteiger charge is 2.20. The molecule has 4 rings (SSSR count). The van der Waals surface area contributed by atoms with Crippen molar-refractivity contribution < 1.29 is 9.53 Å². The van der Waals surface area contributed by atoms with Gasteiger partial charge in [-0.05, 0) is 51.1 Å². The van der Waals surface area contributed by atoms with Crippen molar-refractivity contribution in [3.05, 3.63) is 53.9 Å². The van der Waals surface area contributed by atoms with Gasteiger partial charge in [0.05, 0.1) is 12.4 Å². The molecular weight excluding hydrogens is 428 g/mol. The zero-order valence-electron chi connectivity index (χ0n) is 17.7. The number of carbonyl (C=O) groups excluding carboxylic acids is 1. The van der Waals surface area contributed by atoms with Crippen molar-refractivity contribution in [3.8, 4) is 17.1 Å². The second-order valence-electron chi connectivity index (χ2n) is 7.21. The number of amides is 1. The number of nitrogens with one attached hydrogen (secondary N) is 1. The standard InChI is InChI=1S/C23H24N4O2S2/c1-4-29-17-11-9-16(10-12-17)24-21(28)14-31-23-26-25-22(27(23)15(2)3)19-13-30-20-8-6-5-7-18(19)20/h5-13,15H,4,14H2,1-3H3,(H,24,28). The van der Waals surface area contributed by atoms with Gasteiger partial charge >= 0.3 is 0 Å². The number of carbonyl (C=O) groups is 1. The van der Waals surface area contributed by atoms with Gasteiger partial charge in [-0.2, -0.15) is 0 Å². The first-order valence-corrected chi connectivity index (χ1v) is 12.0. The van der Waals surface area contributed by atoms with Crippen LogP contribution in [-0.2, 0) is 4.79 Å². The highest BCUT2D eigenvalue weighted by molar-refractivity contribution is 7.99. The zero-order chi connectivity index (χ0) is 21.8. The van der Waals surface area contributed by atoms with E-state index < -0.39 is 0 Å². The maximum Gasteiger partial charge on any atom is 0.234 e. The second kappa shape index (κ2) is 9.53. The summed E-state index contributed by atoms with van der Waals surface area (Å²) in [4.78, 5) is 12.5. The highest BCUT2D eigenvalue weighted by atomic mass is 32.2. The van der Waals surface area contributed by atoms with Gasteiger partial charge in [0.2, 0.25) is 5.91 Å². The van der Waals surface area contributed by atoms with Gasteiger partial charge in [0.15, 0.2) is 11.0 Å². The molecule has 0 spiro atoms. The quantitative estimate of drug-likeness (QED) is 0.339. The third-order valence-electron chi connectivity index (χ3n) is 4.68. The summed E-state index contributed by atoms with van der Waals surface area (Å²) in [6.07, 6.45) is 0. The van der Waals surface area contributed by atoms with Crippen LogP contribution < -0.4 is 10.1 Å². The molecule has 2 heterocycles. The van der Waals surface area contributed by atoms with E-state index in [0.29, 0.717) is 6.61 Å². The lowest BCUT2D eigenvalue weighted by Gasteiger charge is -2.13. The number of thiophene rings is 1. The molecule has 0 unspecified atom stereocenters. The summed E-state index contributed by atoms with van der Waals surface area (Å²) >= 11 is 3.09. The molecule has 1 amide bonds. The van der Waals surface area contributed by atoms with Crippen LogP contribution in [0.15, 0.2) is 59.1 Å². The summed E-state index contributed by atoms with van der Waals surface area (Å²) in [5.41, 5.74) is 1.82. The number of hydrogen-bond acceptors (Lipinski definition) is 6. The molecule has 0 aliphatic rings. The molecule has 2 aromatic heterocycles. The number of anilines is 1. The molecule has 160 valence electrons. The Balaban J connectivity index is 1.48. The Bertz CT molecular complexity index is 1180. The number of ether oxygens (including phenoxy) is 1. The number of nitrogens with zero attached hydrogens (tertiary/aromatic N) is 3. The molecule has 4 aromatic rings. The minimum Gasteiger partial charge on any atom is -0.494 e. The van der Waals surface area contributed by atoms with Gasteiger partial charge in [-0.25, -0.2) is 0 Å². The Morgan fingerprint density at radius 1 is 1.16 bits per heavy atom. The monoisotopic (exact) mass is 452 g/mol. The highest BCUT2D eigenvalue weighted by Crippen LogP contribution is 2.35. The topological polar surface area (TPSA) is 69.0 Å². The second-order valence-corrected chi connectivity index (χ2v) is 9.06. The van der Waals surface area contributed by atoms with E-state index in [4.69, 9.17) is 4.74 Å². The number of hydrogen-bond donors (Lipinski definition) is 1. The van der Waals surface area contributed by atoms with Gasteiger partial charge < -0.3 is 10.1 Å². The normalized spacial score (nSPS) is 11.2. The number of thioether (sulfide) groups is 1. The first-order valence-electron chi connectivity index (χ1n) is 10.1. The van der Waals surface area contributed by atoms with Gasteiger partial charge in [-0.3, -0.25) is 9.36 Å². The Morgan fingerprint density at radius 3 is 2.68 bits per heavy atom. The van der Waals surface area contributed by atoms with Crippen LogP contribution in [0.5, 0.6) is 5.75 Å². The van der Waals surface area contributed by atoms with Gasteiger partial charge in [-0.1, -0.05) is 30.0 Å². The smallest absolute Gasteiger partial charge is 0.234 e. The first kappa shape index (κ1) is 21.4. The summed E-state index contributed by atoms with van der Waals surface area (Å²) in [5, 5.41) is 15.8. The van der Waals surface area contributed by atoms with E-state index >= 15 is 0 Å². The Hall–Kier alpha value is -2.84. The maximum absolute atomic E-state index is 12.5. The summed E-state index contributed by atoms with van der Waals surface area (Å²) in [5.74, 6) is 1.79. The largest absolute Gasteiger partial charge is 0.494 e. The first-order chi connectivity index (χ1) is 15.1. The van der Waals surface area contributed by atoms with Crippen molar-refractivity contribution in [2.24, 2.45) is 0 Å². The van der Waals surface area contributed by atoms with Crippen LogP contribution in [0.3, 0.4) is 0 Å². The van der Waals surface area contributed by atoms with Crippen molar-refractivity contribution in [2.45, 2.75) is 32.0 Å². The lowest BCUT2D eigenvalue weighted by atomic mass is 10.1. The van der Waals surface area contributed by atoms with Gasteiger partial charge in [0.25, 0.3) is 0 Å². The molecule has 6 nitrogen and oxygen atoms in total. The van der Waals surface area contributed by atoms with Crippen LogP contribution in [0.2, 0.25) is 0 Å². The Kier molecular flexibility index (Phi) is 6.58. The van der Waals surface area contributed by atoms with Crippen LogP contribution >= 0.6 is 23.1 Å². The Morgan fingerprint density at radius 2 is 1.94 bits per heavy atom. The third kappa shape index (κ3) is 4.75. The van der Waals surface area contributed by atoms with E-state index in [1.54, 1.807) is 11.3 Å². The van der Waals surface area contributed by atoms with Crippen molar-refractivity contribution in [1.82, 2.24) is 14.8 Å². The summed E-state index contributed by atoms with van der Waals surface area (Å²) in [6.45, 7) is 6.76. The predicted molar refractivity (Wildman–Crippen MR) is 128 cm³/mol. The van der Waals surface area contributed by atoms with Crippen molar-refractivity contribution in [3.63, 3.8) is 0 Å². The van der Waals surface area contributed by atoms with E-state index in [9.17, 15) is 4.79 Å². The van der Waals surface area contributed by atoms with Crippen LogP contribution in [0.25, 0.3) is 21.5 Å². The fraction of sp³-hybridized carbons (Fsp3) is 0.261. The van der Waals surface area contributed by atoms with E-state index in [1.807, 2.05) is 43.3 Å². The summed E-state index contributed by atoms with van der Waals surface area (Å²) in [7, 11) is 0. The van der Waals surface area contributed by atoms with Crippen LogP contribution in [-0.4, -0.2) is 33.0 Å². The molecule has 31 heavy (non-hydrogen) atoms. The molecule has 0 aliphatic carbocycles. The summed E-state index contributed by atoms with van der Waals surface area (Å²) < 4.78 is 8.75. The van der Waals surface area contributed by atoms with Gasteiger partial charge in [0, 0.05) is 32.8 Å². The zero-order valence-corrected chi connectivity index (χ0v) is 19.3. The lowest BCUT2D eigenvalue weighted by molar-refractivity contribution is -0.113. The van der Waals surface area contributed by atoms with E-state index in [1.165, 1.54) is 21.8 Å². The molecule has 1 N–H and O–H groups in total. The number of benzene rings is 2. The van der Waals surface area contributed by atoms with Crippen LogP contribution in [0, 0.1) is 0 Å². The molecule has 2 aromatic carbocycles. The number of fused-ring (bicyclic) bond motifs is 1. The molecule has 0 saturated heterocycles. The fourth-order valence-electron chi connectivity index (χ4n) is 3.30. The van der Waals surface area contributed by atoms with Gasteiger partial charge in [0.1, 0.15) is 5.75 Å². The van der Waals surface area contributed by atoms with Crippen molar-refractivity contribution in [2.75, 3.05) is 17.7 Å². The van der Waals surface area contributed by atoms with E-state index in [-0.39, 0.29) is 17.7 Å². The molecule has 0 saturated carbocycles. The molecule has 8 heteroatoms. The lowest BCUT2D eigenvalue weighted by Crippen LogP contribution is -2.15. The van der Waals surface area contributed by atoms with E-state index in [0.717, 1.165) is 28.0 Å². The van der Waals surface area contributed by atoms with E-state index in [2.05, 4.69) is 51.4 Å². The number of rotatable bonds is 8. The Labute approximate surface area is 189 Å². The van der Waals surface area contributed by atoms with Gasteiger partial charge in [-0.15, -0.1) is 21.5 Å². The molecular formula is C23H24N4O2S2.